The summed E-state index contributed by atoms with van der Waals surface area (Å²) < 4.78 is 1.83. The van der Waals surface area contributed by atoms with Gasteiger partial charge < -0.3 is 5.11 Å². The Labute approximate surface area is 103 Å². The van der Waals surface area contributed by atoms with Gasteiger partial charge in [0.15, 0.2) is 11.4 Å². The number of halogens is 1. The number of hydrogen-bond donors (Lipinski definition) is 1. The summed E-state index contributed by atoms with van der Waals surface area (Å²) >= 11 is 5.97. The largest absolute Gasteiger partial charge is 0.504 e. The van der Waals surface area contributed by atoms with Crippen LogP contribution in [0, 0.1) is 0 Å². The van der Waals surface area contributed by atoms with Crippen LogP contribution in [-0.2, 0) is 0 Å². The van der Waals surface area contributed by atoms with Gasteiger partial charge in [-0.05, 0) is 24.3 Å². The van der Waals surface area contributed by atoms with E-state index in [9.17, 15) is 5.11 Å². The lowest BCUT2D eigenvalue weighted by molar-refractivity contribution is 0.477. The molecule has 0 radical (unpaired) electrons. The minimum atomic E-state index is 0.167. The summed E-state index contributed by atoms with van der Waals surface area (Å²) in [6.45, 7) is 0. The summed E-state index contributed by atoms with van der Waals surface area (Å²) in [5.74, 6) is 0.167. The van der Waals surface area contributed by atoms with Gasteiger partial charge in [-0.3, -0.25) is 4.40 Å². The molecule has 3 rings (SSSR count). The zero-order chi connectivity index (χ0) is 11.8. The fourth-order valence-corrected chi connectivity index (χ4v) is 2.05. The van der Waals surface area contributed by atoms with E-state index in [0.29, 0.717) is 10.7 Å². The second kappa shape index (κ2) is 3.79. The molecule has 17 heavy (non-hydrogen) atoms. The molecule has 0 saturated heterocycles. The Morgan fingerprint density at radius 1 is 1.18 bits per heavy atom. The summed E-state index contributed by atoms with van der Waals surface area (Å²) in [6.07, 6.45) is 3.58. The molecule has 3 aromatic rings. The number of nitrogens with zero attached hydrogens (tertiary/aromatic N) is 2. The van der Waals surface area contributed by atoms with Gasteiger partial charge in [0, 0.05) is 16.8 Å². The van der Waals surface area contributed by atoms with E-state index >= 15 is 0 Å². The second-order valence-electron chi connectivity index (χ2n) is 3.74. The van der Waals surface area contributed by atoms with Crippen LogP contribution in [0.15, 0.2) is 48.8 Å². The van der Waals surface area contributed by atoms with Crippen LogP contribution >= 0.6 is 11.6 Å². The molecule has 0 aliphatic rings. The molecule has 3 nitrogen and oxygen atoms in total. The van der Waals surface area contributed by atoms with Gasteiger partial charge in [0.25, 0.3) is 0 Å². The Bertz CT molecular complexity index is 691. The van der Waals surface area contributed by atoms with E-state index in [4.69, 9.17) is 11.6 Å². The molecule has 84 valence electrons. The summed E-state index contributed by atoms with van der Waals surface area (Å²) in [5.41, 5.74) is 2.41. The van der Waals surface area contributed by atoms with Crippen LogP contribution < -0.4 is 0 Å². The van der Waals surface area contributed by atoms with Crippen molar-refractivity contribution in [3.05, 3.63) is 53.8 Å². The van der Waals surface area contributed by atoms with Crippen molar-refractivity contribution in [3.8, 4) is 17.0 Å². The smallest absolute Gasteiger partial charge is 0.179 e. The first-order chi connectivity index (χ1) is 8.25. The lowest BCUT2D eigenvalue weighted by Gasteiger charge is -2.02. The molecule has 4 heteroatoms. The third kappa shape index (κ3) is 1.65. The fourth-order valence-electron chi connectivity index (χ4n) is 1.86. The average Bonchev–Trinajstić information content (AvgIpc) is 2.74. The zero-order valence-electron chi connectivity index (χ0n) is 8.84. The molecule has 1 aromatic carbocycles. The van der Waals surface area contributed by atoms with Crippen molar-refractivity contribution in [2.75, 3.05) is 0 Å². The standard InChI is InChI=1S/C13H9ClN2O/c14-10-4-1-3-9(7-10)11-8-15-13-12(17)5-2-6-16(11)13/h1-8,17H. The summed E-state index contributed by atoms with van der Waals surface area (Å²) in [6, 6.07) is 10.9. The Kier molecular flexibility index (Phi) is 2.27. The van der Waals surface area contributed by atoms with Crippen LogP contribution in [0.25, 0.3) is 16.9 Å². The maximum Gasteiger partial charge on any atom is 0.179 e. The zero-order valence-corrected chi connectivity index (χ0v) is 9.59. The summed E-state index contributed by atoms with van der Waals surface area (Å²) in [4.78, 5) is 4.19. The van der Waals surface area contributed by atoms with E-state index in [1.807, 2.05) is 34.9 Å². The number of rotatable bonds is 1. The van der Waals surface area contributed by atoms with Gasteiger partial charge in [0.2, 0.25) is 0 Å². The first-order valence-electron chi connectivity index (χ1n) is 5.17. The van der Waals surface area contributed by atoms with Crippen LogP contribution in [0.4, 0.5) is 0 Å². The molecule has 0 saturated carbocycles. The minimum Gasteiger partial charge on any atom is -0.504 e. The van der Waals surface area contributed by atoms with E-state index in [1.54, 1.807) is 18.3 Å². The van der Waals surface area contributed by atoms with Crippen LogP contribution in [0.3, 0.4) is 0 Å². The Morgan fingerprint density at radius 3 is 2.88 bits per heavy atom. The minimum absolute atomic E-state index is 0.167. The number of aromatic hydroxyl groups is 1. The monoisotopic (exact) mass is 244 g/mol. The number of hydrogen-bond acceptors (Lipinski definition) is 2. The van der Waals surface area contributed by atoms with E-state index in [1.165, 1.54) is 0 Å². The Balaban J connectivity index is 2.28. The van der Waals surface area contributed by atoms with Crippen molar-refractivity contribution in [1.82, 2.24) is 9.38 Å². The highest BCUT2D eigenvalue weighted by Crippen LogP contribution is 2.26. The number of imidazole rings is 1. The Hall–Kier alpha value is -2.00. The first-order valence-corrected chi connectivity index (χ1v) is 5.54. The Morgan fingerprint density at radius 2 is 2.06 bits per heavy atom. The molecular weight excluding hydrogens is 236 g/mol. The average molecular weight is 245 g/mol. The lowest BCUT2D eigenvalue weighted by atomic mass is 10.2. The van der Waals surface area contributed by atoms with Crippen LogP contribution in [-0.4, -0.2) is 14.5 Å². The van der Waals surface area contributed by atoms with Gasteiger partial charge in [0.1, 0.15) is 0 Å². The summed E-state index contributed by atoms with van der Waals surface area (Å²) in [5, 5.41) is 10.4. The molecular formula is C13H9ClN2O. The number of benzene rings is 1. The fraction of sp³-hybridized carbons (Fsp3) is 0. The van der Waals surface area contributed by atoms with Crippen LogP contribution in [0.5, 0.6) is 5.75 Å². The first kappa shape index (κ1) is 10.2. The second-order valence-corrected chi connectivity index (χ2v) is 4.18. The molecule has 0 aliphatic carbocycles. The lowest BCUT2D eigenvalue weighted by Crippen LogP contribution is -1.87. The number of pyridine rings is 1. The molecule has 2 aromatic heterocycles. The van der Waals surface area contributed by atoms with Crippen molar-refractivity contribution >= 4 is 17.2 Å². The molecule has 0 atom stereocenters. The molecule has 0 aliphatic heterocycles. The third-order valence-electron chi connectivity index (χ3n) is 2.64. The van der Waals surface area contributed by atoms with E-state index in [0.717, 1.165) is 11.3 Å². The third-order valence-corrected chi connectivity index (χ3v) is 2.87. The maximum absolute atomic E-state index is 9.68. The van der Waals surface area contributed by atoms with Gasteiger partial charge >= 0.3 is 0 Å². The molecule has 1 N–H and O–H groups in total. The van der Waals surface area contributed by atoms with Crippen LogP contribution in [0.1, 0.15) is 0 Å². The highest BCUT2D eigenvalue weighted by molar-refractivity contribution is 6.30. The predicted octanol–water partition coefficient (Wildman–Crippen LogP) is 3.36. The summed E-state index contributed by atoms with van der Waals surface area (Å²) in [7, 11) is 0. The quantitative estimate of drug-likeness (QED) is 0.713. The van der Waals surface area contributed by atoms with E-state index in [-0.39, 0.29) is 5.75 Å². The van der Waals surface area contributed by atoms with E-state index in [2.05, 4.69) is 4.98 Å². The van der Waals surface area contributed by atoms with Gasteiger partial charge in [-0.25, -0.2) is 4.98 Å². The van der Waals surface area contributed by atoms with Crippen molar-refractivity contribution in [3.63, 3.8) is 0 Å². The molecule has 0 bridgehead atoms. The molecule has 0 spiro atoms. The predicted molar refractivity (Wildman–Crippen MR) is 67.3 cm³/mol. The van der Waals surface area contributed by atoms with Crippen molar-refractivity contribution in [1.29, 1.82) is 0 Å². The number of aromatic nitrogens is 2. The van der Waals surface area contributed by atoms with Crippen molar-refractivity contribution < 1.29 is 5.11 Å². The van der Waals surface area contributed by atoms with Crippen molar-refractivity contribution in [2.45, 2.75) is 0 Å². The highest BCUT2D eigenvalue weighted by Gasteiger charge is 2.08. The van der Waals surface area contributed by atoms with Crippen LogP contribution in [0.2, 0.25) is 5.02 Å². The van der Waals surface area contributed by atoms with Gasteiger partial charge in [-0.15, -0.1) is 0 Å². The molecule has 0 unspecified atom stereocenters. The van der Waals surface area contributed by atoms with Gasteiger partial charge in [0.05, 0.1) is 11.9 Å². The molecule has 0 fully saturated rings. The normalized spacial score (nSPS) is 10.9. The molecule has 2 heterocycles. The maximum atomic E-state index is 9.68. The van der Waals surface area contributed by atoms with Gasteiger partial charge in [-0.2, -0.15) is 0 Å². The highest BCUT2D eigenvalue weighted by atomic mass is 35.5. The SMILES string of the molecule is Oc1cccn2c(-c3cccc(Cl)c3)cnc12. The van der Waals surface area contributed by atoms with Gasteiger partial charge in [-0.1, -0.05) is 23.7 Å². The topological polar surface area (TPSA) is 37.5 Å². The van der Waals surface area contributed by atoms with Crippen molar-refractivity contribution in [2.24, 2.45) is 0 Å². The number of fused-ring (bicyclic) bond motifs is 1. The van der Waals surface area contributed by atoms with E-state index < -0.39 is 0 Å². The molecule has 0 amide bonds.